The van der Waals surface area contributed by atoms with E-state index in [0.29, 0.717) is 6.10 Å². The van der Waals surface area contributed by atoms with E-state index in [0.717, 1.165) is 24.9 Å². The van der Waals surface area contributed by atoms with Gasteiger partial charge in [-0.1, -0.05) is 12.5 Å². The van der Waals surface area contributed by atoms with Crippen molar-refractivity contribution in [3.05, 3.63) is 29.3 Å². The van der Waals surface area contributed by atoms with Crippen LogP contribution in [0.3, 0.4) is 0 Å². The summed E-state index contributed by atoms with van der Waals surface area (Å²) < 4.78 is 6.19. The molecule has 4 rings (SSSR count). The summed E-state index contributed by atoms with van der Waals surface area (Å²) in [5.74, 6) is 1.07. The molecule has 3 heteroatoms. The van der Waals surface area contributed by atoms with Gasteiger partial charge in [0.2, 0.25) is 0 Å². The minimum Gasteiger partial charge on any atom is -0.489 e. The van der Waals surface area contributed by atoms with Gasteiger partial charge in [0, 0.05) is 25.7 Å². The molecule has 0 spiro atoms. The molecule has 0 bridgehead atoms. The Morgan fingerprint density at radius 3 is 2.59 bits per heavy atom. The number of fused-ring (bicyclic) bond motifs is 1. The molecule has 0 unspecified atom stereocenters. The molecule has 0 aromatic heterocycles. The molecule has 1 N–H and O–H groups in total. The van der Waals surface area contributed by atoms with Gasteiger partial charge in [-0.3, -0.25) is 4.90 Å². The summed E-state index contributed by atoms with van der Waals surface area (Å²) in [6.07, 6.45) is 9.42. The molecule has 1 aromatic carbocycles. The number of benzene rings is 1. The predicted molar refractivity (Wildman–Crippen MR) is 89.6 cm³/mol. The molecule has 2 heterocycles. The highest BCUT2D eigenvalue weighted by Gasteiger charge is 2.26. The fourth-order valence-electron chi connectivity index (χ4n) is 4.02. The lowest BCUT2D eigenvalue weighted by Crippen LogP contribution is -2.41. The number of ether oxygens (including phenoxy) is 1. The van der Waals surface area contributed by atoms with E-state index < -0.39 is 0 Å². The molecule has 0 amide bonds. The summed E-state index contributed by atoms with van der Waals surface area (Å²) in [5.41, 5.74) is 3.05. The Bertz CT molecular complexity index is 506. The average molecular weight is 300 g/mol. The third-order valence-corrected chi connectivity index (χ3v) is 5.66. The first-order valence-electron chi connectivity index (χ1n) is 9.12. The Hall–Kier alpha value is -1.06. The molecule has 3 aliphatic rings. The maximum Gasteiger partial charge on any atom is 0.120 e. The molecular weight excluding hydrogens is 272 g/mol. The summed E-state index contributed by atoms with van der Waals surface area (Å²) in [5, 5.41) is 3.43. The van der Waals surface area contributed by atoms with Crippen LogP contribution in [-0.2, 0) is 12.8 Å². The Morgan fingerprint density at radius 2 is 1.86 bits per heavy atom. The van der Waals surface area contributed by atoms with Crippen LogP contribution in [0.25, 0.3) is 0 Å². The van der Waals surface area contributed by atoms with Crippen LogP contribution in [0.2, 0.25) is 0 Å². The molecule has 0 radical (unpaired) electrons. The molecule has 1 saturated heterocycles. The molecule has 1 aliphatic carbocycles. The van der Waals surface area contributed by atoms with E-state index in [1.807, 2.05) is 0 Å². The zero-order valence-electron chi connectivity index (χ0n) is 13.5. The largest absolute Gasteiger partial charge is 0.489 e. The zero-order chi connectivity index (χ0) is 14.8. The smallest absolute Gasteiger partial charge is 0.120 e. The highest BCUT2D eigenvalue weighted by atomic mass is 16.5. The summed E-state index contributed by atoms with van der Waals surface area (Å²) in [6, 6.07) is 7.68. The lowest BCUT2D eigenvalue weighted by atomic mass is 9.91. The molecule has 2 aliphatic heterocycles. The van der Waals surface area contributed by atoms with Crippen LogP contribution in [0.4, 0.5) is 0 Å². The topological polar surface area (TPSA) is 24.5 Å². The average Bonchev–Trinajstić information content (AvgIpc) is 2.70. The molecular formula is C19H28N2O. The van der Waals surface area contributed by atoms with Gasteiger partial charge >= 0.3 is 0 Å². The lowest BCUT2D eigenvalue weighted by molar-refractivity contribution is 0.133. The second-order valence-electron chi connectivity index (χ2n) is 7.14. The van der Waals surface area contributed by atoms with E-state index >= 15 is 0 Å². The summed E-state index contributed by atoms with van der Waals surface area (Å²) in [4.78, 5) is 2.72. The van der Waals surface area contributed by atoms with E-state index in [1.54, 1.807) is 0 Å². The molecule has 2 fully saturated rings. The maximum absolute atomic E-state index is 6.19. The van der Waals surface area contributed by atoms with Gasteiger partial charge in [0.25, 0.3) is 0 Å². The van der Waals surface area contributed by atoms with Gasteiger partial charge in [-0.2, -0.15) is 0 Å². The second kappa shape index (κ2) is 6.59. The number of nitrogens with zero attached hydrogens (tertiary/aromatic N) is 1. The van der Waals surface area contributed by atoms with Crippen LogP contribution < -0.4 is 10.1 Å². The van der Waals surface area contributed by atoms with Crippen molar-refractivity contribution in [3.63, 3.8) is 0 Å². The van der Waals surface area contributed by atoms with Crippen molar-refractivity contribution in [2.45, 2.75) is 57.1 Å². The quantitative estimate of drug-likeness (QED) is 0.929. The predicted octanol–water partition coefficient (Wildman–Crippen LogP) is 2.77. The van der Waals surface area contributed by atoms with Crippen LogP contribution in [0.1, 0.15) is 43.2 Å². The van der Waals surface area contributed by atoms with Gasteiger partial charge < -0.3 is 10.1 Å². The van der Waals surface area contributed by atoms with E-state index in [4.69, 9.17) is 4.74 Å². The molecule has 1 aromatic rings. The first-order chi connectivity index (χ1) is 10.9. The highest BCUT2D eigenvalue weighted by molar-refractivity contribution is 5.37. The SMILES string of the molecule is c1cc2c(cc1O[C@H]1CCCNC1)CCN(C1CCC1)CC2. The number of piperidine rings is 1. The first-order valence-corrected chi connectivity index (χ1v) is 9.12. The van der Waals surface area contributed by atoms with Crippen LogP contribution in [0.15, 0.2) is 18.2 Å². The van der Waals surface area contributed by atoms with Gasteiger partial charge in [0.15, 0.2) is 0 Å². The van der Waals surface area contributed by atoms with E-state index in [9.17, 15) is 0 Å². The van der Waals surface area contributed by atoms with Gasteiger partial charge in [-0.25, -0.2) is 0 Å². The van der Waals surface area contributed by atoms with Gasteiger partial charge in [0.1, 0.15) is 11.9 Å². The third kappa shape index (κ3) is 3.16. The van der Waals surface area contributed by atoms with Crippen molar-refractivity contribution >= 4 is 0 Å². The fourth-order valence-corrected chi connectivity index (χ4v) is 4.02. The monoisotopic (exact) mass is 300 g/mol. The zero-order valence-corrected chi connectivity index (χ0v) is 13.5. The van der Waals surface area contributed by atoms with Crippen molar-refractivity contribution in [1.29, 1.82) is 0 Å². The minimum absolute atomic E-state index is 0.351. The number of nitrogens with one attached hydrogen (secondary N) is 1. The fraction of sp³-hybridized carbons (Fsp3) is 0.684. The Balaban J connectivity index is 1.42. The van der Waals surface area contributed by atoms with Gasteiger partial charge in [-0.15, -0.1) is 0 Å². The van der Waals surface area contributed by atoms with Crippen LogP contribution in [0.5, 0.6) is 5.75 Å². The van der Waals surface area contributed by atoms with Crippen molar-refractivity contribution in [2.24, 2.45) is 0 Å². The van der Waals surface area contributed by atoms with Crippen LogP contribution in [0, 0.1) is 0 Å². The first kappa shape index (κ1) is 14.5. The molecule has 3 nitrogen and oxygen atoms in total. The Kier molecular flexibility index (Phi) is 4.35. The minimum atomic E-state index is 0.351. The van der Waals surface area contributed by atoms with Gasteiger partial charge in [0.05, 0.1) is 0 Å². The molecule has 120 valence electrons. The number of rotatable bonds is 3. The molecule has 1 atom stereocenters. The third-order valence-electron chi connectivity index (χ3n) is 5.66. The van der Waals surface area contributed by atoms with Crippen molar-refractivity contribution in [1.82, 2.24) is 10.2 Å². The van der Waals surface area contributed by atoms with Crippen LogP contribution >= 0.6 is 0 Å². The van der Waals surface area contributed by atoms with Crippen molar-refractivity contribution in [3.8, 4) is 5.75 Å². The second-order valence-corrected chi connectivity index (χ2v) is 7.14. The van der Waals surface area contributed by atoms with E-state index in [2.05, 4.69) is 28.4 Å². The normalized spacial score (nSPS) is 26.8. The highest BCUT2D eigenvalue weighted by Crippen LogP contribution is 2.29. The van der Waals surface area contributed by atoms with Crippen molar-refractivity contribution < 1.29 is 4.74 Å². The standard InChI is InChI=1S/C19H28N2O/c1-3-17(4-1)21-11-8-15-6-7-18(13-16(15)9-12-21)22-19-5-2-10-20-14-19/h6-7,13,17,19-20H,1-5,8-12,14H2/t19-/m0/s1. The summed E-state index contributed by atoms with van der Waals surface area (Å²) in [7, 11) is 0. The van der Waals surface area contributed by atoms with E-state index in [-0.39, 0.29) is 0 Å². The number of hydrogen-bond acceptors (Lipinski definition) is 3. The molecule has 22 heavy (non-hydrogen) atoms. The maximum atomic E-state index is 6.19. The Morgan fingerprint density at radius 1 is 1.00 bits per heavy atom. The number of hydrogen-bond donors (Lipinski definition) is 1. The Labute approximate surface area is 134 Å². The molecule has 1 saturated carbocycles. The lowest BCUT2D eigenvalue weighted by Gasteiger charge is -2.36. The summed E-state index contributed by atoms with van der Waals surface area (Å²) >= 11 is 0. The van der Waals surface area contributed by atoms with Crippen molar-refractivity contribution in [2.75, 3.05) is 26.2 Å². The van der Waals surface area contributed by atoms with Gasteiger partial charge in [-0.05, 0) is 68.3 Å². The van der Waals surface area contributed by atoms with E-state index in [1.165, 1.54) is 69.2 Å². The summed E-state index contributed by atoms with van der Waals surface area (Å²) in [6.45, 7) is 4.60. The van der Waals surface area contributed by atoms with Crippen LogP contribution in [-0.4, -0.2) is 43.2 Å².